The summed E-state index contributed by atoms with van der Waals surface area (Å²) in [6.07, 6.45) is 7.62. The highest BCUT2D eigenvalue weighted by atomic mass is 19.1. The lowest BCUT2D eigenvalue weighted by Crippen LogP contribution is -2.52. The standard InChI is InChI=1S/C19H20FN7O2/c20-12-7-23-18-16(17(21)25-27(18)9-12)19(28)24-13-8-22-4-1-14(13)29-15-10-26-5-2-11(15)3-6-26/h1,4,7-9,11,15H,2-3,5-6,10H2,(H2,21,25)(H,24,28)/t15-/m1/s1. The molecular formula is C19H20FN7O2. The van der Waals surface area contributed by atoms with E-state index in [9.17, 15) is 9.18 Å². The van der Waals surface area contributed by atoms with Gasteiger partial charge in [-0.3, -0.25) is 14.7 Å². The topological polar surface area (TPSA) is 111 Å². The molecule has 3 aliphatic heterocycles. The number of nitrogens with two attached hydrogens (primary N) is 1. The Balaban J connectivity index is 1.40. The Kier molecular flexibility index (Phi) is 4.27. The van der Waals surface area contributed by atoms with E-state index in [-0.39, 0.29) is 23.1 Å². The van der Waals surface area contributed by atoms with Crippen molar-refractivity contribution in [2.45, 2.75) is 18.9 Å². The Hall–Kier alpha value is -3.27. The summed E-state index contributed by atoms with van der Waals surface area (Å²) in [7, 11) is 0. The number of pyridine rings is 1. The zero-order chi connectivity index (χ0) is 20.0. The number of anilines is 2. The average molecular weight is 397 g/mol. The molecule has 0 radical (unpaired) electrons. The van der Waals surface area contributed by atoms with E-state index in [1.54, 1.807) is 12.3 Å². The van der Waals surface area contributed by atoms with Crippen molar-refractivity contribution in [1.29, 1.82) is 0 Å². The van der Waals surface area contributed by atoms with E-state index < -0.39 is 11.7 Å². The fraction of sp³-hybridized carbons (Fsp3) is 0.368. The summed E-state index contributed by atoms with van der Waals surface area (Å²) in [6, 6.07) is 1.74. The minimum atomic E-state index is -0.576. The van der Waals surface area contributed by atoms with E-state index in [0.29, 0.717) is 17.4 Å². The fourth-order valence-corrected chi connectivity index (χ4v) is 4.12. The van der Waals surface area contributed by atoms with Crippen molar-refractivity contribution in [3.05, 3.63) is 42.2 Å². The molecule has 0 spiro atoms. The summed E-state index contributed by atoms with van der Waals surface area (Å²) >= 11 is 0. The number of rotatable bonds is 4. The summed E-state index contributed by atoms with van der Waals surface area (Å²) < 4.78 is 20.8. The van der Waals surface area contributed by atoms with Gasteiger partial charge in [0.1, 0.15) is 23.1 Å². The summed E-state index contributed by atoms with van der Waals surface area (Å²) in [5.41, 5.74) is 6.56. The van der Waals surface area contributed by atoms with E-state index in [0.717, 1.165) is 49.4 Å². The lowest BCUT2D eigenvalue weighted by molar-refractivity contribution is -0.00745. The number of hydrogen-bond acceptors (Lipinski definition) is 7. The fourth-order valence-electron chi connectivity index (χ4n) is 4.12. The molecule has 3 aromatic heterocycles. The van der Waals surface area contributed by atoms with Crippen molar-refractivity contribution < 1.29 is 13.9 Å². The van der Waals surface area contributed by atoms with Crippen molar-refractivity contribution in [3.63, 3.8) is 0 Å². The van der Waals surface area contributed by atoms with Gasteiger partial charge >= 0.3 is 0 Å². The van der Waals surface area contributed by atoms with Gasteiger partial charge in [0.2, 0.25) is 0 Å². The van der Waals surface area contributed by atoms with Crippen LogP contribution in [0.15, 0.2) is 30.9 Å². The van der Waals surface area contributed by atoms with E-state index in [4.69, 9.17) is 10.5 Å². The van der Waals surface area contributed by atoms with E-state index in [1.807, 2.05) is 0 Å². The zero-order valence-corrected chi connectivity index (χ0v) is 15.6. The molecule has 2 bridgehead atoms. The van der Waals surface area contributed by atoms with Crippen LogP contribution in [-0.4, -0.2) is 56.1 Å². The first-order valence-corrected chi connectivity index (χ1v) is 9.52. The molecule has 0 unspecified atom stereocenters. The molecule has 3 fully saturated rings. The quantitative estimate of drug-likeness (QED) is 0.687. The number of nitrogens with zero attached hydrogens (tertiary/aromatic N) is 5. The maximum Gasteiger partial charge on any atom is 0.263 e. The average Bonchev–Trinajstić information content (AvgIpc) is 3.05. The normalized spacial score (nSPS) is 23.3. The van der Waals surface area contributed by atoms with Crippen LogP contribution in [0.3, 0.4) is 0 Å². The lowest BCUT2D eigenvalue weighted by Gasteiger charge is -2.44. The van der Waals surface area contributed by atoms with Crippen LogP contribution in [0, 0.1) is 11.7 Å². The van der Waals surface area contributed by atoms with Gasteiger partial charge in [-0.15, -0.1) is 5.10 Å². The van der Waals surface area contributed by atoms with Crippen LogP contribution in [0.1, 0.15) is 23.2 Å². The van der Waals surface area contributed by atoms with Crippen LogP contribution in [0.25, 0.3) is 5.65 Å². The molecule has 3 N–H and O–H groups in total. The SMILES string of the molecule is Nc1nn2cc(F)cnc2c1C(=O)Nc1cnccc1O[C@@H]1CN2CCC1CC2. The minimum Gasteiger partial charge on any atom is -0.487 e. The van der Waals surface area contributed by atoms with Crippen LogP contribution in [0.4, 0.5) is 15.9 Å². The maximum atomic E-state index is 13.4. The van der Waals surface area contributed by atoms with Crippen LogP contribution in [0.2, 0.25) is 0 Å². The van der Waals surface area contributed by atoms with E-state index in [2.05, 4.69) is 25.3 Å². The predicted octanol–water partition coefficient (Wildman–Crippen LogP) is 1.57. The third-order valence-electron chi connectivity index (χ3n) is 5.60. The molecule has 0 saturated carbocycles. The molecule has 29 heavy (non-hydrogen) atoms. The van der Waals surface area contributed by atoms with Gasteiger partial charge < -0.3 is 15.8 Å². The molecule has 3 aliphatic rings. The maximum absolute atomic E-state index is 13.4. The molecule has 6 rings (SSSR count). The van der Waals surface area contributed by atoms with Gasteiger partial charge in [0.05, 0.1) is 18.6 Å². The van der Waals surface area contributed by atoms with Crippen LogP contribution in [-0.2, 0) is 0 Å². The second-order valence-corrected chi connectivity index (χ2v) is 7.42. The zero-order valence-electron chi connectivity index (χ0n) is 15.6. The van der Waals surface area contributed by atoms with E-state index >= 15 is 0 Å². The second kappa shape index (κ2) is 6.96. The van der Waals surface area contributed by atoms with Gasteiger partial charge in [-0.05, 0) is 31.8 Å². The third-order valence-corrected chi connectivity index (χ3v) is 5.60. The number of carbonyl (C=O) groups is 1. The van der Waals surface area contributed by atoms with Crippen LogP contribution in [0.5, 0.6) is 5.75 Å². The van der Waals surface area contributed by atoms with Crippen molar-refractivity contribution in [1.82, 2.24) is 24.5 Å². The summed E-state index contributed by atoms with van der Waals surface area (Å²) in [5.74, 6) is -0.0487. The highest BCUT2D eigenvalue weighted by molar-refractivity contribution is 6.11. The molecular weight excluding hydrogens is 377 g/mol. The Morgan fingerprint density at radius 3 is 2.90 bits per heavy atom. The first-order chi connectivity index (χ1) is 14.1. The van der Waals surface area contributed by atoms with Crippen LogP contribution < -0.4 is 15.8 Å². The van der Waals surface area contributed by atoms with Crippen molar-refractivity contribution in [3.8, 4) is 5.75 Å². The number of ether oxygens (including phenoxy) is 1. The molecule has 10 heteroatoms. The molecule has 6 heterocycles. The number of piperidine rings is 3. The first kappa shape index (κ1) is 17.8. The largest absolute Gasteiger partial charge is 0.487 e. The number of aromatic nitrogens is 4. The molecule has 1 atom stereocenters. The van der Waals surface area contributed by atoms with E-state index in [1.165, 1.54) is 6.20 Å². The molecule has 150 valence electrons. The number of amides is 1. The Morgan fingerprint density at radius 2 is 2.14 bits per heavy atom. The molecule has 9 nitrogen and oxygen atoms in total. The number of halogens is 1. The van der Waals surface area contributed by atoms with Crippen molar-refractivity contribution in [2.24, 2.45) is 5.92 Å². The number of nitrogen functional groups attached to an aromatic ring is 1. The molecule has 3 aromatic rings. The molecule has 0 aliphatic carbocycles. The molecule has 1 amide bonds. The van der Waals surface area contributed by atoms with Crippen LogP contribution >= 0.6 is 0 Å². The van der Waals surface area contributed by atoms with Gasteiger partial charge in [-0.1, -0.05) is 0 Å². The Morgan fingerprint density at radius 1 is 1.31 bits per heavy atom. The highest BCUT2D eigenvalue weighted by Gasteiger charge is 2.36. The summed E-state index contributed by atoms with van der Waals surface area (Å²) in [5, 5.41) is 6.74. The van der Waals surface area contributed by atoms with Crippen molar-refractivity contribution >= 4 is 23.1 Å². The smallest absolute Gasteiger partial charge is 0.263 e. The lowest BCUT2D eigenvalue weighted by atomic mass is 9.86. The number of carbonyl (C=O) groups excluding carboxylic acids is 1. The Bertz CT molecular complexity index is 1080. The number of nitrogens with one attached hydrogen (secondary N) is 1. The van der Waals surface area contributed by atoms with Gasteiger partial charge in [-0.2, -0.15) is 0 Å². The van der Waals surface area contributed by atoms with Crippen molar-refractivity contribution in [2.75, 3.05) is 30.7 Å². The molecule has 3 saturated heterocycles. The Labute approximate surface area is 165 Å². The van der Waals surface area contributed by atoms with Gasteiger partial charge in [0.25, 0.3) is 5.91 Å². The van der Waals surface area contributed by atoms with Gasteiger partial charge in [0.15, 0.2) is 17.3 Å². The number of hydrogen-bond donors (Lipinski definition) is 2. The second-order valence-electron chi connectivity index (χ2n) is 7.42. The van der Waals surface area contributed by atoms with Gasteiger partial charge in [-0.25, -0.2) is 13.9 Å². The monoisotopic (exact) mass is 397 g/mol. The first-order valence-electron chi connectivity index (χ1n) is 9.52. The summed E-state index contributed by atoms with van der Waals surface area (Å²) in [6.45, 7) is 3.12. The minimum absolute atomic E-state index is 0.0376. The summed E-state index contributed by atoms with van der Waals surface area (Å²) in [4.78, 5) is 23.3. The predicted molar refractivity (Wildman–Crippen MR) is 103 cm³/mol. The highest BCUT2D eigenvalue weighted by Crippen LogP contribution is 2.33. The number of fused-ring (bicyclic) bond motifs is 4. The third kappa shape index (κ3) is 3.25. The molecule has 0 aromatic carbocycles. The van der Waals surface area contributed by atoms with Gasteiger partial charge in [0, 0.05) is 18.8 Å².